The normalized spacial score (nSPS) is 26.5. The fraction of sp³-hybridized carbons (Fsp3) is 0.850. The molecule has 0 spiro atoms. The van der Waals surface area contributed by atoms with Gasteiger partial charge >= 0.3 is 11.9 Å². The molecule has 9 nitrogen and oxygen atoms in total. The van der Waals surface area contributed by atoms with Gasteiger partial charge in [-0.05, 0) is 39.3 Å². The fourth-order valence-corrected chi connectivity index (χ4v) is 4.21. The molecule has 3 saturated heterocycles. The third kappa shape index (κ3) is 8.77. The molecular weight excluding hydrogens is 376 g/mol. The number of hydrogen-bond donors (Lipinski definition) is 2. The van der Waals surface area contributed by atoms with Crippen LogP contribution in [0, 0.1) is 0 Å². The van der Waals surface area contributed by atoms with Crippen molar-refractivity contribution in [1.29, 1.82) is 0 Å². The van der Waals surface area contributed by atoms with Gasteiger partial charge in [-0.1, -0.05) is 0 Å². The second-order valence-corrected chi connectivity index (χ2v) is 8.19. The third-order valence-electron chi connectivity index (χ3n) is 5.89. The molecule has 2 bridgehead atoms. The molecule has 3 aliphatic heterocycles. The molecule has 3 fully saturated rings. The molecule has 0 saturated carbocycles. The number of carbonyl (C=O) groups is 3. The van der Waals surface area contributed by atoms with Crippen LogP contribution >= 0.6 is 0 Å². The number of nitrogens with zero attached hydrogens (tertiary/aromatic N) is 4. The van der Waals surface area contributed by atoms with Crippen molar-refractivity contribution < 1.29 is 24.6 Å². The number of carboxylic acid groups (broad SMARTS) is 2. The van der Waals surface area contributed by atoms with Crippen LogP contribution in [0.15, 0.2) is 0 Å². The van der Waals surface area contributed by atoms with Crippen molar-refractivity contribution in [2.24, 2.45) is 0 Å². The van der Waals surface area contributed by atoms with Gasteiger partial charge in [-0.2, -0.15) is 0 Å². The first-order valence-electron chi connectivity index (χ1n) is 10.7. The predicted octanol–water partition coefficient (Wildman–Crippen LogP) is -0.0912. The van der Waals surface area contributed by atoms with Gasteiger partial charge < -0.3 is 24.8 Å². The van der Waals surface area contributed by atoms with E-state index < -0.39 is 18.0 Å². The molecule has 3 rings (SSSR count). The molecule has 166 valence electrons. The van der Waals surface area contributed by atoms with Gasteiger partial charge in [0.25, 0.3) is 0 Å². The van der Waals surface area contributed by atoms with E-state index in [1.807, 2.05) is 9.80 Å². The van der Waals surface area contributed by atoms with Crippen molar-refractivity contribution in [3.63, 3.8) is 0 Å². The van der Waals surface area contributed by atoms with Crippen molar-refractivity contribution >= 4 is 17.7 Å². The highest BCUT2D eigenvalue weighted by atomic mass is 16.4. The van der Waals surface area contributed by atoms with Gasteiger partial charge in [0.2, 0.25) is 0 Å². The maximum absolute atomic E-state index is 11.9. The second kappa shape index (κ2) is 12.2. The van der Waals surface area contributed by atoms with Gasteiger partial charge in [-0.15, -0.1) is 0 Å². The number of ketones is 1. The molecule has 1 atom stereocenters. The first-order chi connectivity index (χ1) is 13.8. The Kier molecular flexibility index (Phi) is 9.99. The number of fused-ring (bicyclic) bond motifs is 11. The first-order valence-corrected chi connectivity index (χ1v) is 10.7. The van der Waals surface area contributed by atoms with E-state index in [4.69, 9.17) is 0 Å². The lowest BCUT2D eigenvalue weighted by atomic mass is 10.1. The zero-order chi connectivity index (χ0) is 21.2. The number of hydrogen-bond acceptors (Lipinski definition) is 7. The van der Waals surface area contributed by atoms with Crippen LogP contribution in [0.5, 0.6) is 0 Å². The Balaban J connectivity index is 2.09. The van der Waals surface area contributed by atoms with Crippen molar-refractivity contribution in [3.05, 3.63) is 0 Å². The number of carbonyl (C=O) groups excluding carboxylic acids is 1. The average molecular weight is 413 g/mol. The Morgan fingerprint density at radius 3 is 1.90 bits per heavy atom. The summed E-state index contributed by atoms with van der Waals surface area (Å²) >= 11 is 0. The van der Waals surface area contributed by atoms with Crippen LogP contribution in [-0.4, -0.2) is 126 Å². The van der Waals surface area contributed by atoms with E-state index in [-0.39, 0.29) is 18.7 Å². The minimum Gasteiger partial charge on any atom is -0.480 e. The monoisotopic (exact) mass is 412 g/mol. The summed E-state index contributed by atoms with van der Waals surface area (Å²) in [6.45, 7) is 9.76. The number of piperazine rings is 1. The number of Topliss-reactive ketones (excluding diaryl/α,β-unsaturated/α-hetero) is 1. The summed E-state index contributed by atoms with van der Waals surface area (Å²) in [5.41, 5.74) is 0. The topological polar surface area (TPSA) is 105 Å². The quantitative estimate of drug-likeness (QED) is 0.593. The van der Waals surface area contributed by atoms with Gasteiger partial charge in [-0.3, -0.25) is 19.4 Å². The highest BCUT2D eigenvalue weighted by Gasteiger charge is 2.27. The predicted molar refractivity (Wildman–Crippen MR) is 109 cm³/mol. The van der Waals surface area contributed by atoms with Crippen LogP contribution in [0.25, 0.3) is 0 Å². The Hall–Kier alpha value is -1.55. The molecule has 0 amide bonds. The van der Waals surface area contributed by atoms with Crippen molar-refractivity contribution in [2.45, 2.75) is 38.6 Å². The van der Waals surface area contributed by atoms with E-state index in [0.717, 1.165) is 52.1 Å². The lowest BCUT2D eigenvalue weighted by molar-refractivity contribution is -0.144. The Labute approximate surface area is 173 Å². The molecule has 0 radical (unpaired) electrons. The molecule has 0 aromatic carbocycles. The number of carboxylic acids is 2. The number of aliphatic carboxylic acids is 2. The SMILES string of the molecule is CC(=O)CC[C@H](C(=O)O)N1CCCN2CCN(CCCN(CC(=O)O)CC1)CC2. The summed E-state index contributed by atoms with van der Waals surface area (Å²) in [5, 5.41) is 19.0. The summed E-state index contributed by atoms with van der Waals surface area (Å²) in [6.07, 6.45) is 2.30. The average Bonchev–Trinajstić information content (AvgIpc) is 2.65. The van der Waals surface area contributed by atoms with Gasteiger partial charge in [0, 0.05) is 58.8 Å². The summed E-state index contributed by atoms with van der Waals surface area (Å²) in [7, 11) is 0. The Morgan fingerprint density at radius 2 is 1.38 bits per heavy atom. The van der Waals surface area contributed by atoms with Crippen LogP contribution in [0.1, 0.15) is 32.6 Å². The molecule has 0 aromatic heterocycles. The molecule has 3 aliphatic rings. The highest BCUT2D eigenvalue weighted by molar-refractivity contribution is 5.78. The molecule has 9 heteroatoms. The van der Waals surface area contributed by atoms with E-state index >= 15 is 0 Å². The largest absolute Gasteiger partial charge is 0.480 e. The van der Waals surface area contributed by atoms with E-state index in [1.165, 1.54) is 6.92 Å². The Morgan fingerprint density at radius 1 is 0.793 bits per heavy atom. The fourth-order valence-electron chi connectivity index (χ4n) is 4.21. The van der Waals surface area contributed by atoms with E-state index in [0.29, 0.717) is 32.6 Å². The van der Waals surface area contributed by atoms with Gasteiger partial charge in [0.1, 0.15) is 11.8 Å². The lowest BCUT2D eigenvalue weighted by Crippen LogP contribution is -2.50. The first kappa shape index (κ1) is 23.7. The molecule has 0 unspecified atom stereocenters. The molecule has 0 aromatic rings. The maximum atomic E-state index is 11.9. The van der Waals surface area contributed by atoms with Gasteiger partial charge in [0.05, 0.1) is 6.54 Å². The van der Waals surface area contributed by atoms with Crippen LogP contribution in [0.4, 0.5) is 0 Å². The van der Waals surface area contributed by atoms with E-state index in [9.17, 15) is 24.6 Å². The zero-order valence-corrected chi connectivity index (χ0v) is 17.6. The summed E-state index contributed by atoms with van der Waals surface area (Å²) < 4.78 is 0. The summed E-state index contributed by atoms with van der Waals surface area (Å²) in [4.78, 5) is 43.3. The highest BCUT2D eigenvalue weighted by Crippen LogP contribution is 2.12. The third-order valence-corrected chi connectivity index (χ3v) is 5.89. The van der Waals surface area contributed by atoms with Crippen LogP contribution in [-0.2, 0) is 14.4 Å². The van der Waals surface area contributed by atoms with Crippen molar-refractivity contribution in [2.75, 3.05) is 72.0 Å². The molecule has 0 aliphatic carbocycles. The zero-order valence-electron chi connectivity index (χ0n) is 17.6. The summed E-state index contributed by atoms with van der Waals surface area (Å²) in [5.74, 6) is -1.79. The van der Waals surface area contributed by atoms with E-state index in [2.05, 4.69) is 9.80 Å². The Bertz CT molecular complexity index is 551. The smallest absolute Gasteiger partial charge is 0.320 e. The molecule has 3 heterocycles. The maximum Gasteiger partial charge on any atom is 0.320 e. The van der Waals surface area contributed by atoms with Crippen molar-refractivity contribution in [1.82, 2.24) is 19.6 Å². The molecular formula is C20H36N4O5. The second-order valence-electron chi connectivity index (χ2n) is 8.19. The lowest BCUT2D eigenvalue weighted by Gasteiger charge is -2.37. The molecule has 29 heavy (non-hydrogen) atoms. The van der Waals surface area contributed by atoms with Crippen LogP contribution in [0.3, 0.4) is 0 Å². The minimum absolute atomic E-state index is 0.0104. The van der Waals surface area contributed by atoms with Gasteiger partial charge in [0.15, 0.2) is 0 Å². The van der Waals surface area contributed by atoms with E-state index in [1.54, 1.807) is 0 Å². The van der Waals surface area contributed by atoms with Crippen LogP contribution in [0.2, 0.25) is 0 Å². The summed E-state index contributed by atoms with van der Waals surface area (Å²) in [6, 6.07) is -0.713. The number of rotatable bonds is 7. The molecule has 2 N–H and O–H groups in total. The van der Waals surface area contributed by atoms with Gasteiger partial charge in [-0.25, -0.2) is 0 Å². The standard InChI is InChI=1S/C20H36N4O5/c1-17(25)4-5-18(20(28)29)24-9-3-7-22-12-10-21(11-13-22)6-2-8-23(14-15-24)16-19(26)27/h18H,2-16H2,1H3,(H,26,27)(H,28,29)/t18-/m1/s1. The van der Waals surface area contributed by atoms with Crippen LogP contribution < -0.4 is 0 Å². The minimum atomic E-state index is -0.911. The van der Waals surface area contributed by atoms with Crippen molar-refractivity contribution in [3.8, 4) is 0 Å².